The van der Waals surface area contributed by atoms with E-state index in [9.17, 15) is 0 Å². The van der Waals surface area contributed by atoms with Crippen LogP contribution in [0.15, 0.2) is 0 Å². The first-order valence-electron chi connectivity index (χ1n) is 8.53. The molecule has 3 aliphatic heterocycles. The lowest BCUT2D eigenvalue weighted by molar-refractivity contribution is 0.218. The molecular weight excluding hydrogens is 234 g/mol. The molecule has 3 heteroatoms. The van der Waals surface area contributed by atoms with E-state index in [2.05, 4.69) is 15.1 Å². The highest BCUT2D eigenvalue weighted by Crippen LogP contribution is 2.58. The molecule has 1 N–H and O–H groups in total. The average Bonchev–Trinajstić information content (AvgIpc) is 2.89. The summed E-state index contributed by atoms with van der Waals surface area (Å²) in [5.74, 6) is 1.03. The first-order valence-corrected chi connectivity index (χ1v) is 8.53. The van der Waals surface area contributed by atoms with E-state index in [-0.39, 0.29) is 0 Å². The predicted octanol–water partition coefficient (Wildman–Crippen LogP) is 1.55. The highest BCUT2D eigenvalue weighted by atomic mass is 15.3. The van der Waals surface area contributed by atoms with Crippen LogP contribution in [-0.4, -0.2) is 61.7 Å². The van der Waals surface area contributed by atoms with Crippen molar-refractivity contribution < 1.29 is 0 Å². The van der Waals surface area contributed by atoms with Crippen molar-refractivity contribution in [2.75, 3.05) is 45.8 Å². The maximum atomic E-state index is 3.52. The topological polar surface area (TPSA) is 18.5 Å². The highest BCUT2D eigenvalue weighted by Gasteiger charge is 2.54. The minimum Gasteiger partial charge on any atom is -0.317 e. The van der Waals surface area contributed by atoms with E-state index >= 15 is 0 Å². The van der Waals surface area contributed by atoms with E-state index in [1.807, 2.05) is 0 Å². The van der Waals surface area contributed by atoms with Crippen LogP contribution in [0.2, 0.25) is 0 Å². The molecule has 3 heterocycles. The summed E-state index contributed by atoms with van der Waals surface area (Å²) in [6.45, 7) is 9.43. The van der Waals surface area contributed by atoms with Gasteiger partial charge in [-0.2, -0.15) is 0 Å². The fraction of sp³-hybridized carbons (Fsp3) is 1.00. The van der Waals surface area contributed by atoms with Crippen LogP contribution in [0.25, 0.3) is 0 Å². The minimum atomic E-state index is 0.775. The van der Waals surface area contributed by atoms with Gasteiger partial charge in [-0.3, -0.25) is 4.90 Å². The Hall–Kier alpha value is -0.120. The lowest BCUT2D eigenvalue weighted by Gasteiger charge is -2.26. The largest absolute Gasteiger partial charge is 0.317 e. The first kappa shape index (κ1) is 12.6. The van der Waals surface area contributed by atoms with Crippen molar-refractivity contribution in [3.63, 3.8) is 0 Å². The quantitative estimate of drug-likeness (QED) is 0.833. The van der Waals surface area contributed by atoms with Gasteiger partial charge in [0.1, 0.15) is 0 Å². The van der Waals surface area contributed by atoms with Crippen LogP contribution in [-0.2, 0) is 0 Å². The maximum absolute atomic E-state index is 3.52. The Kier molecular flexibility index (Phi) is 3.33. The van der Waals surface area contributed by atoms with Crippen molar-refractivity contribution in [2.45, 2.75) is 44.6 Å². The van der Waals surface area contributed by atoms with Crippen LogP contribution < -0.4 is 5.32 Å². The van der Waals surface area contributed by atoms with Crippen LogP contribution in [0.4, 0.5) is 0 Å². The summed E-state index contributed by atoms with van der Waals surface area (Å²) in [5.41, 5.74) is 0.775. The van der Waals surface area contributed by atoms with Crippen LogP contribution in [0.5, 0.6) is 0 Å². The van der Waals surface area contributed by atoms with Gasteiger partial charge >= 0.3 is 0 Å². The third-order valence-electron chi connectivity index (χ3n) is 6.34. The number of hydrogen-bond donors (Lipinski definition) is 1. The van der Waals surface area contributed by atoms with Gasteiger partial charge in [0.05, 0.1) is 0 Å². The molecule has 0 bridgehead atoms. The molecule has 0 aromatic carbocycles. The zero-order valence-electron chi connectivity index (χ0n) is 12.2. The Morgan fingerprint density at radius 3 is 2.63 bits per heavy atom. The number of nitrogens with one attached hydrogen (secondary N) is 1. The van der Waals surface area contributed by atoms with Gasteiger partial charge < -0.3 is 10.2 Å². The lowest BCUT2D eigenvalue weighted by Crippen LogP contribution is -2.36. The molecule has 0 aromatic rings. The van der Waals surface area contributed by atoms with Crippen molar-refractivity contribution in [3.05, 3.63) is 0 Å². The Labute approximate surface area is 117 Å². The van der Waals surface area contributed by atoms with E-state index in [4.69, 9.17) is 0 Å². The second-order valence-electron chi connectivity index (χ2n) is 7.46. The molecule has 0 aromatic heterocycles. The van der Waals surface area contributed by atoms with Crippen molar-refractivity contribution in [1.82, 2.24) is 15.1 Å². The molecule has 4 fully saturated rings. The fourth-order valence-corrected chi connectivity index (χ4v) is 4.92. The van der Waals surface area contributed by atoms with Gasteiger partial charge in [-0.05, 0) is 82.6 Å². The van der Waals surface area contributed by atoms with Gasteiger partial charge in [0.25, 0.3) is 0 Å². The molecule has 19 heavy (non-hydrogen) atoms. The molecule has 2 atom stereocenters. The highest BCUT2D eigenvalue weighted by molar-refractivity contribution is 5.06. The average molecular weight is 263 g/mol. The molecule has 3 saturated heterocycles. The monoisotopic (exact) mass is 263 g/mol. The summed E-state index contributed by atoms with van der Waals surface area (Å²) in [6, 6.07) is 0.894. The molecule has 4 rings (SSSR count). The zero-order chi connectivity index (χ0) is 12.7. The van der Waals surface area contributed by atoms with Crippen molar-refractivity contribution >= 4 is 0 Å². The minimum absolute atomic E-state index is 0.775. The van der Waals surface area contributed by atoms with E-state index in [1.54, 1.807) is 0 Å². The Bertz CT molecular complexity index is 318. The molecule has 1 aliphatic carbocycles. The fourth-order valence-electron chi connectivity index (χ4n) is 4.92. The summed E-state index contributed by atoms with van der Waals surface area (Å²) >= 11 is 0. The molecule has 2 unspecified atom stereocenters. The van der Waals surface area contributed by atoms with Crippen LogP contribution in [0.3, 0.4) is 0 Å². The van der Waals surface area contributed by atoms with E-state index < -0.39 is 0 Å². The van der Waals surface area contributed by atoms with E-state index in [0.717, 1.165) is 17.4 Å². The SMILES string of the molecule is C1CCN(C2CCN(CC3CC34CCNCC4)C2)C1. The summed E-state index contributed by atoms with van der Waals surface area (Å²) in [4.78, 5) is 5.54. The second-order valence-corrected chi connectivity index (χ2v) is 7.46. The third kappa shape index (κ3) is 2.45. The zero-order valence-corrected chi connectivity index (χ0v) is 12.2. The number of hydrogen-bond acceptors (Lipinski definition) is 3. The molecule has 0 radical (unpaired) electrons. The van der Waals surface area contributed by atoms with Gasteiger partial charge in [0, 0.05) is 19.1 Å². The van der Waals surface area contributed by atoms with Gasteiger partial charge in [-0.1, -0.05) is 0 Å². The smallest absolute Gasteiger partial charge is 0.0235 e. The van der Waals surface area contributed by atoms with Gasteiger partial charge in [0.15, 0.2) is 0 Å². The Morgan fingerprint density at radius 1 is 1.05 bits per heavy atom. The maximum Gasteiger partial charge on any atom is 0.0235 e. The number of nitrogens with zero attached hydrogens (tertiary/aromatic N) is 2. The van der Waals surface area contributed by atoms with E-state index in [0.29, 0.717) is 0 Å². The molecule has 1 saturated carbocycles. The lowest BCUT2D eigenvalue weighted by atomic mass is 9.92. The second kappa shape index (κ2) is 5.01. The molecule has 1 spiro atoms. The molecule has 108 valence electrons. The number of piperidine rings is 1. The normalized spacial score (nSPS) is 39.2. The summed E-state index contributed by atoms with van der Waals surface area (Å²) < 4.78 is 0. The molecular formula is C16H29N3. The standard InChI is InChI=1S/C16H29N3/c1-2-9-19(8-1)15-3-10-18(13-15)12-14-11-16(14)4-6-17-7-5-16/h14-15,17H,1-13H2. The molecule has 3 nitrogen and oxygen atoms in total. The Morgan fingerprint density at radius 2 is 1.84 bits per heavy atom. The summed E-state index contributed by atoms with van der Waals surface area (Å²) in [7, 11) is 0. The first-order chi connectivity index (χ1) is 9.36. The predicted molar refractivity (Wildman–Crippen MR) is 78.3 cm³/mol. The van der Waals surface area contributed by atoms with Gasteiger partial charge in [-0.15, -0.1) is 0 Å². The van der Waals surface area contributed by atoms with Crippen molar-refractivity contribution in [3.8, 4) is 0 Å². The van der Waals surface area contributed by atoms with Crippen LogP contribution >= 0.6 is 0 Å². The van der Waals surface area contributed by atoms with Crippen molar-refractivity contribution in [2.24, 2.45) is 11.3 Å². The van der Waals surface area contributed by atoms with Gasteiger partial charge in [0.2, 0.25) is 0 Å². The summed E-state index contributed by atoms with van der Waals surface area (Å²) in [6.07, 6.45) is 8.73. The van der Waals surface area contributed by atoms with Crippen molar-refractivity contribution in [1.29, 1.82) is 0 Å². The van der Waals surface area contributed by atoms with Gasteiger partial charge in [-0.25, -0.2) is 0 Å². The van der Waals surface area contributed by atoms with Crippen LogP contribution in [0.1, 0.15) is 38.5 Å². The van der Waals surface area contributed by atoms with Crippen LogP contribution in [0, 0.1) is 11.3 Å². The molecule has 4 aliphatic rings. The summed E-state index contributed by atoms with van der Waals surface area (Å²) in [5, 5.41) is 3.52. The Balaban J connectivity index is 1.26. The third-order valence-corrected chi connectivity index (χ3v) is 6.34. The van der Waals surface area contributed by atoms with E-state index in [1.165, 1.54) is 84.3 Å². The molecule has 0 amide bonds. The number of likely N-dealkylation sites (tertiary alicyclic amines) is 2. The number of rotatable bonds is 3.